The van der Waals surface area contributed by atoms with Crippen molar-refractivity contribution in [1.82, 2.24) is 19.5 Å². The second kappa shape index (κ2) is 4.74. The van der Waals surface area contributed by atoms with Gasteiger partial charge in [-0.05, 0) is 6.42 Å². The van der Waals surface area contributed by atoms with Gasteiger partial charge in [-0.3, -0.25) is 4.98 Å². The lowest BCUT2D eigenvalue weighted by Crippen LogP contribution is -2.02. The van der Waals surface area contributed by atoms with Gasteiger partial charge in [0.2, 0.25) is 0 Å². The molecule has 0 atom stereocenters. The topological polar surface area (TPSA) is 55.6 Å². The molecule has 0 aliphatic rings. The third-order valence-corrected chi connectivity index (χ3v) is 2.30. The zero-order valence-corrected chi connectivity index (χ0v) is 9.51. The summed E-state index contributed by atoms with van der Waals surface area (Å²) in [5.74, 6) is 1.62. The van der Waals surface area contributed by atoms with Crippen molar-refractivity contribution in [1.29, 1.82) is 0 Å². The quantitative estimate of drug-likeness (QED) is 0.848. The summed E-state index contributed by atoms with van der Waals surface area (Å²) in [7, 11) is 1.83. The van der Waals surface area contributed by atoms with E-state index < -0.39 is 0 Å². The van der Waals surface area contributed by atoms with Crippen molar-refractivity contribution in [2.45, 2.75) is 19.9 Å². The first kappa shape index (κ1) is 10.6. The number of hydrogen-bond acceptors (Lipinski definition) is 4. The van der Waals surface area contributed by atoms with E-state index in [9.17, 15) is 0 Å². The van der Waals surface area contributed by atoms with Crippen LogP contribution in [0.4, 0.5) is 5.82 Å². The zero-order valence-electron chi connectivity index (χ0n) is 9.51. The normalized spacial score (nSPS) is 10.4. The molecule has 0 saturated carbocycles. The molecule has 16 heavy (non-hydrogen) atoms. The molecule has 5 nitrogen and oxygen atoms in total. The van der Waals surface area contributed by atoms with E-state index in [1.54, 1.807) is 18.6 Å². The van der Waals surface area contributed by atoms with Crippen LogP contribution in [0.1, 0.15) is 13.3 Å². The van der Waals surface area contributed by atoms with Crippen LogP contribution in [0.25, 0.3) is 11.5 Å². The van der Waals surface area contributed by atoms with Gasteiger partial charge in [-0.1, -0.05) is 6.92 Å². The summed E-state index contributed by atoms with van der Waals surface area (Å²) < 4.78 is 2.09. The van der Waals surface area contributed by atoms with Gasteiger partial charge in [-0.15, -0.1) is 0 Å². The van der Waals surface area contributed by atoms with Crippen LogP contribution in [0.5, 0.6) is 0 Å². The molecule has 0 spiro atoms. The van der Waals surface area contributed by atoms with Gasteiger partial charge in [-0.2, -0.15) is 0 Å². The van der Waals surface area contributed by atoms with Crippen LogP contribution in [0.2, 0.25) is 0 Å². The van der Waals surface area contributed by atoms with Gasteiger partial charge in [0.25, 0.3) is 0 Å². The van der Waals surface area contributed by atoms with Crippen molar-refractivity contribution in [2.24, 2.45) is 0 Å². The van der Waals surface area contributed by atoms with Crippen molar-refractivity contribution in [3.63, 3.8) is 0 Å². The van der Waals surface area contributed by atoms with Crippen LogP contribution in [-0.2, 0) is 6.54 Å². The van der Waals surface area contributed by atoms with Gasteiger partial charge in [0.1, 0.15) is 11.5 Å². The molecule has 2 aromatic rings. The molecule has 2 aromatic heterocycles. The molecule has 0 aromatic carbocycles. The van der Waals surface area contributed by atoms with E-state index in [-0.39, 0.29) is 0 Å². The molecule has 0 aliphatic heterocycles. The molecule has 0 radical (unpaired) electrons. The molecule has 0 aliphatic carbocycles. The van der Waals surface area contributed by atoms with Gasteiger partial charge in [0.15, 0.2) is 5.82 Å². The molecular formula is C11H15N5. The summed E-state index contributed by atoms with van der Waals surface area (Å²) in [6.07, 6.45) is 8.25. The lowest BCUT2D eigenvalue weighted by Gasteiger charge is -2.06. The number of nitrogens with zero attached hydrogens (tertiary/aromatic N) is 4. The number of aromatic nitrogens is 4. The number of imidazole rings is 1. The van der Waals surface area contributed by atoms with Crippen LogP contribution in [0.3, 0.4) is 0 Å². The highest BCUT2D eigenvalue weighted by atomic mass is 15.1. The highest BCUT2D eigenvalue weighted by molar-refractivity contribution is 5.51. The van der Waals surface area contributed by atoms with E-state index in [0.717, 1.165) is 30.3 Å². The predicted octanol–water partition coefficient (Wildman–Crippen LogP) is 1.79. The highest BCUT2D eigenvalue weighted by Crippen LogP contribution is 2.15. The standard InChI is InChI=1S/C11H15N5/c1-3-5-16-6-4-14-11(16)9-7-13-8-10(12-2)15-9/h4,6-8H,3,5H2,1-2H3,(H,12,15). The van der Waals surface area contributed by atoms with Gasteiger partial charge in [0, 0.05) is 26.0 Å². The molecule has 0 saturated heterocycles. The Bertz CT molecular complexity index is 463. The van der Waals surface area contributed by atoms with Crippen LogP contribution in [0.15, 0.2) is 24.8 Å². The summed E-state index contributed by atoms with van der Waals surface area (Å²) >= 11 is 0. The molecule has 84 valence electrons. The Kier molecular flexibility index (Phi) is 3.14. The first-order valence-electron chi connectivity index (χ1n) is 5.36. The van der Waals surface area contributed by atoms with Crippen LogP contribution < -0.4 is 5.32 Å². The average Bonchev–Trinajstić information content (AvgIpc) is 2.78. The van der Waals surface area contributed by atoms with Crippen molar-refractivity contribution >= 4 is 5.82 Å². The minimum atomic E-state index is 0.753. The molecule has 1 N–H and O–H groups in total. The van der Waals surface area contributed by atoms with Crippen LogP contribution >= 0.6 is 0 Å². The molecular weight excluding hydrogens is 202 g/mol. The first-order chi connectivity index (χ1) is 7.85. The Hall–Kier alpha value is -1.91. The minimum absolute atomic E-state index is 0.753. The van der Waals surface area contributed by atoms with E-state index in [4.69, 9.17) is 0 Å². The molecule has 2 rings (SSSR count). The summed E-state index contributed by atoms with van der Waals surface area (Å²) in [6, 6.07) is 0. The van der Waals surface area contributed by atoms with Crippen LogP contribution in [0, 0.1) is 0 Å². The van der Waals surface area contributed by atoms with Gasteiger partial charge in [0.05, 0.1) is 12.4 Å². The third-order valence-electron chi connectivity index (χ3n) is 2.30. The Balaban J connectivity index is 2.37. The van der Waals surface area contributed by atoms with Crippen molar-refractivity contribution < 1.29 is 0 Å². The lowest BCUT2D eigenvalue weighted by molar-refractivity contribution is 0.683. The molecule has 0 amide bonds. The Labute approximate surface area is 94.6 Å². The largest absolute Gasteiger partial charge is 0.372 e. The van der Waals surface area contributed by atoms with Gasteiger partial charge >= 0.3 is 0 Å². The van der Waals surface area contributed by atoms with Crippen molar-refractivity contribution in [3.8, 4) is 11.5 Å². The molecule has 0 unspecified atom stereocenters. The van der Waals surface area contributed by atoms with E-state index in [1.807, 2.05) is 13.2 Å². The SMILES string of the molecule is CCCn1ccnc1-c1cncc(NC)n1. The third kappa shape index (κ3) is 2.03. The molecule has 2 heterocycles. The fourth-order valence-electron chi connectivity index (χ4n) is 1.56. The lowest BCUT2D eigenvalue weighted by atomic mass is 10.4. The summed E-state index contributed by atoms with van der Waals surface area (Å²) in [5, 5.41) is 2.97. The van der Waals surface area contributed by atoms with E-state index >= 15 is 0 Å². The van der Waals surface area contributed by atoms with Gasteiger partial charge in [-0.25, -0.2) is 9.97 Å². The van der Waals surface area contributed by atoms with E-state index in [0.29, 0.717) is 0 Å². The van der Waals surface area contributed by atoms with E-state index in [2.05, 4.69) is 31.8 Å². The van der Waals surface area contributed by atoms with Gasteiger partial charge < -0.3 is 9.88 Å². The van der Waals surface area contributed by atoms with Crippen molar-refractivity contribution in [3.05, 3.63) is 24.8 Å². The Morgan fingerprint density at radius 2 is 2.25 bits per heavy atom. The number of aryl methyl sites for hydroxylation is 1. The van der Waals surface area contributed by atoms with Crippen LogP contribution in [-0.4, -0.2) is 26.6 Å². The smallest absolute Gasteiger partial charge is 0.160 e. The fraction of sp³-hybridized carbons (Fsp3) is 0.364. The Morgan fingerprint density at radius 1 is 1.38 bits per heavy atom. The molecule has 0 bridgehead atoms. The summed E-state index contributed by atoms with van der Waals surface area (Å²) in [5.41, 5.74) is 0.797. The first-order valence-corrected chi connectivity index (χ1v) is 5.36. The summed E-state index contributed by atoms with van der Waals surface area (Å²) in [6.45, 7) is 3.08. The van der Waals surface area contributed by atoms with Crippen molar-refractivity contribution in [2.75, 3.05) is 12.4 Å². The van der Waals surface area contributed by atoms with E-state index in [1.165, 1.54) is 0 Å². The average molecular weight is 217 g/mol. The number of hydrogen-bond donors (Lipinski definition) is 1. The number of rotatable bonds is 4. The summed E-state index contributed by atoms with van der Waals surface area (Å²) in [4.78, 5) is 12.9. The molecule has 0 fully saturated rings. The second-order valence-electron chi connectivity index (χ2n) is 3.48. The Morgan fingerprint density at radius 3 is 3.00 bits per heavy atom. The predicted molar refractivity (Wildman–Crippen MR) is 63.1 cm³/mol. The molecule has 5 heteroatoms. The number of anilines is 1. The highest BCUT2D eigenvalue weighted by Gasteiger charge is 2.07. The fourth-order valence-corrected chi connectivity index (χ4v) is 1.56. The minimum Gasteiger partial charge on any atom is -0.372 e. The number of nitrogens with one attached hydrogen (secondary N) is 1. The maximum atomic E-state index is 4.42. The maximum Gasteiger partial charge on any atom is 0.160 e. The zero-order chi connectivity index (χ0) is 11.4. The maximum absolute atomic E-state index is 4.42. The second-order valence-corrected chi connectivity index (χ2v) is 3.48. The monoisotopic (exact) mass is 217 g/mol.